The standard InChI is InChI=1S/C22H34O3/c1-20-10-6-16(24)14-15(20)4-5-17-18(20)7-11-21(2)19(17)8-12-22(21,25)9-3-13-23/h14,17-19,23,25H,3-13H2,1-2H3/t17-,18-,19+,20+,21+,22?/m1/s1. The zero-order chi connectivity index (χ0) is 17.9. The molecule has 0 aliphatic heterocycles. The number of ketones is 1. The van der Waals surface area contributed by atoms with E-state index in [2.05, 4.69) is 13.8 Å². The number of allylic oxidation sites excluding steroid dienone is 1. The number of fused-ring (bicyclic) bond motifs is 5. The maximum absolute atomic E-state index is 11.9. The van der Waals surface area contributed by atoms with Crippen LogP contribution < -0.4 is 0 Å². The Labute approximate surface area is 151 Å². The van der Waals surface area contributed by atoms with E-state index >= 15 is 0 Å². The molecule has 3 saturated carbocycles. The number of aliphatic hydroxyl groups is 2. The summed E-state index contributed by atoms with van der Waals surface area (Å²) in [5, 5.41) is 20.7. The fourth-order valence-electron chi connectivity index (χ4n) is 7.45. The Bertz CT molecular complexity index is 596. The topological polar surface area (TPSA) is 57.5 Å². The van der Waals surface area contributed by atoms with Crippen molar-refractivity contribution in [3.05, 3.63) is 11.6 Å². The molecule has 0 radical (unpaired) electrons. The molecular weight excluding hydrogens is 312 g/mol. The molecule has 0 amide bonds. The SMILES string of the molecule is C[C@]12CCC(=O)C=C1CC[C@@H]1[C@H]2CC[C@@]2(C)[C@H]1CCC2(O)CCCO. The van der Waals surface area contributed by atoms with Gasteiger partial charge in [0.05, 0.1) is 5.60 Å². The molecule has 4 aliphatic rings. The van der Waals surface area contributed by atoms with Crippen molar-refractivity contribution in [2.24, 2.45) is 28.6 Å². The van der Waals surface area contributed by atoms with Crippen LogP contribution in [0.4, 0.5) is 0 Å². The molecule has 3 nitrogen and oxygen atoms in total. The average Bonchev–Trinajstić information content (AvgIpc) is 2.85. The minimum absolute atomic E-state index is 0.00536. The molecule has 0 heterocycles. The van der Waals surface area contributed by atoms with Crippen molar-refractivity contribution in [2.45, 2.75) is 83.7 Å². The smallest absolute Gasteiger partial charge is 0.155 e. The fraction of sp³-hybridized carbons (Fsp3) is 0.864. The second-order valence-electron chi connectivity index (χ2n) is 9.82. The van der Waals surface area contributed by atoms with E-state index in [0.29, 0.717) is 36.4 Å². The van der Waals surface area contributed by atoms with Crippen molar-refractivity contribution in [3.8, 4) is 0 Å². The van der Waals surface area contributed by atoms with E-state index in [9.17, 15) is 15.0 Å². The van der Waals surface area contributed by atoms with Gasteiger partial charge in [-0.3, -0.25) is 4.79 Å². The Morgan fingerprint density at radius 1 is 1.08 bits per heavy atom. The van der Waals surface area contributed by atoms with Gasteiger partial charge in [-0.2, -0.15) is 0 Å². The van der Waals surface area contributed by atoms with E-state index in [0.717, 1.165) is 38.5 Å². The van der Waals surface area contributed by atoms with Crippen LogP contribution in [-0.4, -0.2) is 28.2 Å². The van der Waals surface area contributed by atoms with Crippen molar-refractivity contribution in [1.82, 2.24) is 0 Å². The van der Waals surface area contributed by atoms with Gasteiger partial charge in [0.1, 0.15) is 0 Å². The van der Waals surface area contributed by atoms with Crippen molar-refractivity contribution in [1.29, 1.82) is 0 Å². The molecule has 6 atom stereocenters. The van der Waals surface area contributed by atoms with Gasteiger partial charge in [0.15, 0.2) is 5.78 Å². The second-order valence-corrected chi connectivity index (χ2v) is 9.82. The van der Waals surface area contributed by atoms with Gasteiger partial charge in [-0.1, -0.05) is 19.4 Å². The monoisotopic (exact) mass is 346 g/mol. The molecule has 3 heteroatoms. The highest BCUT2D eigenvalue weighted by Crippen LogP contribution is 2.68. The molecule has 0 bridgehead atoms. The largest absolute Gasteiger partial charge is 0.396 e. The van der Waals surface area contributed by atoms with Crippen LogP contribution in [0.15, 0.2) is 11.6 Å². The third-order valence-corrected chi connectivity index (χ3v) is 9.03. The molecule has 1 unspecified atom stereocenters. The predicted octanol–water partition coefficient (Wildman–Crippen LogP) is 4.02. The molecule has 0 aromatic rings. The van der Waals surface area contributed by atoms with Gasteiger partial charge in [-0.25, -0.2) is 0 Å². The van der Waals surface area contributed by atoms with E-state index in [1.54, 1.807) is 0 Å². The molecule has 3 fully saturated rings. The molecular formula is C22H34O3. The van der Waals surface area contributed by atoms with Gasteiger partial charge in [0, 0.05) is 13.0 Å². The van der Waals surface area contributed by atoms with Crippen molar-refractivity contribution in [2.75, 3.05) is 6.61 Å². The molecule has 4 rings (SSSR count). The summed E-state index contributed by atoms with van der Waals surface area (Å²) < 4.78 is 0. The van der Waals surface area contributed by atoms with E-state index in [-0.39, 0.29) is 17.4 Å². The molecule has 0 aromatic heterocycles. The van der Waals surface area contributed by atoms with Gasteiger partial charge in [0.25, 0.3) is 0 Å². The van der Waals surface area contributed by atoms with Crippen molar-refractivity contribution >= 4 is 5.78 Å². The molecule has 0 aromatic carbocycles. The highest BCUT2D eigenvalue weighted by atomic mass is 16.3. The van der Waals surface area contributed by atoms with Crippen LogP contribution in [0.2, 0.25) is 0 Å². The van der Waals surface area contributed by atoms with Gasteiger partial charge < -0.3 is 10.2 Å². The second kappa shape index (κ2) is 5.92. The van der Waals surface area contributed by atoms with Crippen LogP contribution in [0.3, 0.4) is 0 Å². The fourth-order valence-corrected chi connectivity index (χ4v) is 7.45. The summed E-state index contributed by atoms with van der Waals surface area (Å²) >= 11 is 0. The van der Waals surface area contributed by atoms with Gasteiger partial charge in [-0.05, 0) is 92.4 Å². The first-order valence-corrected chi connectivity index (χ1v) is 10.4. The number of rotatable bonds is 3. The van der Waals surface area contributed by atoms with Gasteiger partial charge in [0.2, 0.25) is 0 Å². The Balaban J connectivity index is 1.62. The Morgan fingerprint density at radius 3 is 2.60 bits per heavy atom. The third kappa shape index (κ3) is 2.41. The number of carbonyl (C=O) groups excluding carboxylic acids is 1. The Kier molecular flexibility index (Phi) is 4.20. The van der Waals surface area contributed by atoms with Crippen LogP contribution in [0, 0.1) is 28.6 Å². The summed E-state index contributed by atoms with van der Waals surface area (Å²) in [7, 11) is 0. The summed E-state index contributed by atoms with van der Waals surface area (Å²) in [4.78, 5) is 11.9. The van der Waals surface area contributed by atoms with E-state index in [4.69, 9.17) is 0 Å². The number of carbonyl (C=O) groups is 1. The quantitative estimate of drug-likeness (QED) is 0.811. The molecule has 2 N–H and O–H groups in total. The zero-order valence-electron chi connectivity index (χ0n) is 15.9. The maximum atomic E-state index is 11.9. The predicted molar refractivity (Wildman–Crippen MR) is 98.0 cm³/mol. The number of hydrogen-bond acceptors (Lipinski definition) is 3. The first-order valence-electron chi connectivity index (χ1n) is 10.4. The maximum Gasteiger partial charge on any atom is 0.155 e. The minimum atomic E-state index is -0.592. The van der Waals surface area contributed by atoms with Crippen LogP contribution >= 0.6 is 0 Å². The Hall–Kier alpha value is -0.670. The van der Waals surface area contributed by atoms with E-state index in [1.807, 2.05) is 6.08 Å². The average molecular weight is 347 g/mol. The van der Waals surface area contributed by atoms with Crippen LogP contribution in [0.25, 0.3) is 0 Å². The minimum Gasteiger partial charge on any atom is -0.396 e. The molecule has 140 valence electrons. The summed E-state index contributed by atoms with van der Waals surface area (Å²) in [6.45, 7) is 4.92. The lowest BCUT2D eigenvalue weighted by Crippen LogP contribution is -2.54. The van der Waals surface area contributed by atoms with Gasteiger partial charge >= 0.3 is 0 Å². The van der Waals surface area contributed by atoms with Crippen LogP contribution in [-0.2, 0) is 4.79 Å². The normalized spacial score (nSPS) is 49.2. The summed E-state index contributed by atoms with van der Waals surface area (Å²) in [5.74, 6) is 2.30. The molecule has 4 aliphatic carbocycles. The Morgan fingerprint density at radius 2 is 1.84 bits per heavy atom. The molecule has 0 spiro atoms. The van der Waals surface area contributed by atoms with Crippen LogP contribution in [0.5, 0.6) is 0 Å². The first-order chi connectivity index (χ1) is 11.8. The third-order valence-electron chi connectivity index (χ3n) is 9.03. The lowest BCUT2D eigenvalue weighted by molar-refractivity contribution is -0.133. The number of aliphatic hydroxyl groups excluding tert-OH is 1. The molecule has 0 saturated heterocycles. The highest BCUT2D eigenvalue weighted by molar-refractivity contribution is 5.91. The molecule has 25 heavy (non-hydrogen) atoms. The van der Waals surface area contributed by atoms with Crippen molar-refractivity contribution in [3.63, 3.8) is 0 Å². The van der Waals surface area contributed by atoms with Crippen LogP contribution in [0.1, 0.15) is 78.1 Å². The lowest BCUT2D eigenvalue weighted by Gasteiger charge is -2.59. The van der Waals surface area contributed by atoms with Gasteiger partial charge in [-0.15, -0.1) is 0 Å². The summed E-state index contributed by atoms with van der Waals surface area (Å²) in [5.41, 5.74) is 1.04. The summed E-state index contributed by atoms with van der Waals surface area (Å²) in [6.07, 6.45) is 11.7. The first kappa shape index (κ1) is 17.7. The zero-order valence-corrected chi connectivity index (χ0v) is 15.9. The summed E-state index contributed by atoms with van der Waals surface area (Å²) in [6, 6.07) is 0. The van der Waals surface area contributed by atoms with Crippen molar-refractivity contribution < 1.29 is 15.0 Å². The van der Waals surface area contributed by atoms with E-state index in [1.165, 1.54) is 18.4 Å². The lowest BCUT2D eigenvalue weighted by atomic mass is 9.46. The highest BCUT2D eigenvalue weighted by Gasteiger charge is 2.63. The van der Waals surface area contributed by atoms with E-state index < -0.39 is 5.60 Å². The number of hydrogen-bond donors (Lipinski definition) is 2.